The van der Waals surface area contributed by atoms with Crippen LogP contribution >= 0.6 is 0 Å². The van der Waals surface area contributed by atoms with Crippen LogP contribution in [0.1, 0.15) is 12.5 Å². The largest absolute Gasteiger partial charge is 0.497 e. The molecule has 0 heterocycles. The van der Waals surface area contributed by atoms with Crippen molar-refractivity contribution in [1.29, 1.82) is 0 Å². The molecule has 1 atom stereocenters. The monoisotopic (exact) mass is 289 g/mol. The van der Waals surface area contributed by atoms with Crippen LogP contribution in [0.15, 0.2) is 48.5 Å². The Balaban J connectivity index is 2.38. The predicted octanol–water partition coefficient (Wildman–Crippen LogP) is 3.25. The minimum absolute atomic E-state index is 0.409. The molecule has 0 spiro atoms. The molecule has 2 aromatic rings. The summed E-state index contributed by atoms with van der Waals surface area (Å²) in [7, 11) is 1.54. The molecule has 0 bridgehead atoms. The molecule has 0 saturated carbocycles. The number of anilines is 1. The number of hydrogen-bond donors (Lipinski definition) is 2. The molecule has 5 heteroatoms. The Morgan fingerprint density at radius 3 is 2.48 bits per heavy atom. The van der Waals surface area contributed by atoms with E-state index in [0.29, 0.717) is 17.0 Å². The van der Waals surface area contributed by atoms with Gasteiger partial charge in [-0.3, -0.25) is 0 Å². The number of ether oxygens (including phenoxy) is 1. The van der Waals surface area contributed by atoms with Crippen molar-refractivity contribution < 1.29 is 19.0 Å². The smallest absolute Gasteiger partial charge is 0.333 e. The summed E-state index contributed by atoms with van der Waals surface area (Å²) in [5.41, 5.74) is -0.317. The lowest BCUT2D eigenvalue weighted by Gasteiger charge is -2.28. The predicted molar refractivity (Wildman–Crippen MR) is 78.0 cm³/mol. The molecule has 0 saturated heterocycles. The zero-order chi connectivity index (χ0) is 15.5. The molecule has 110 valence electrons. The number of carboxylic acids is 1. The van der Waals surface area contributed by atoms with Crippen LogP contribution in [0.25, 0.3) is 0 Å². The summed E-state index contributed by atoms with van der Waals surface area (Å²) in [4.78, 5) is 11.7. The standard InChI is InChI=1S/C16H16FNO3/c1-16(15(19)20,11-6-8-12(17)9-7-11)18-13-4-3-5-14(10-13)21-2/h3-10,18H,1-2H3,(H,19,20). The minimum Gasteiger partial charge on any atom is -0.497 e. The minimum atomic E-state index is -1.37. The van der Waals surface area contributed by atoms with Crippen molar-refractivity contribution in [3.05, 3.63) is 59.9 Å². The molecular weight excluding hydrogens is 273 g/mol. The Hall–Kier alpha value is -2.56. The van der Waals surface area contributed by atoms with Crippen LogP contribution in [-0.4, -0.2) is 18.2 Å². The Labute approximate surface area is 122 Å². The van der Waals surface area contributed by atoms with E-state index in [1.165, 1.54) is 38.3 Å². The highest BCUT2D eigenvalue weighted by molar-refractivity contribution is 5.84. The molecule has 0 fully saturated rings. The van der Waals surface area contributed by atoms with Gasteiger partial charge in [-0.15, -0.1) is 0 Å². The first-order chi connectivity index (χ1) is 9.95. The van der Waals surface area contributed by atoms with E-state index in [1.807, 2.05) is 0 Å². The first-order valence-electron chi connectivity index (χ1n) is 6.37. The van der Waals surface area contributed by atoms with Crippen LogP contribution in [0, 0.1) is 5.82 Å². The van der Waals surface area contributed by atoms with Gasteiger partial charge in [0.2, 0.25) is 0 Å². The van der Waals surface area contributed by atoms with Gasteiger partial charge in [-0.1, -0.05) is 18.2 Å². The molecule has 0 radical (unpaired) electrons. The summed E-state index contributed by atoms with van der Waals surface area (Å²) < 4.78 is 18.1. The van der Waals surface area contributed by atoms with E-state index in [4.69, 9.17) is 4.74 Å². The highest BCUT2D eigenvalue weighted by Crippen LogP contribution is 2.28. The zero-order valence-corrected chi connectivity index (χ0v) is 11.8. The average Bonchev–Trinajstić information content (AvgIpc) is 2.47. The van der Waals surface area contributed by atoms with E-state index < -0.39 is 17.3 Å². The normalized spacial score (nSPS) is 13.3. The first-order valence-corrected chi connectivity index (χ1v) is 6.37. The fourth-order valence-electron chi connectivity index (χ4n) is 2.02. The van der Waals surface area contributed by atoms with E-state index in [9.17, 15) is 14.3 Å². The maximum atomic E-state index is 13.0. The van der Waals surface area contributed by atoms with Crippen molar-refractivity contribution in [2.45, 2.75) is 12.5 Å². The molecule has 2 rings (SSSR count). The zero-order valence-electron chi connectivity index (χ0n) is 11.8. The van der Waals surface area contributed by atoms with E-state index in [1.54, 1.807) is 24.3 Å². The fourth-order valence-corrected chi connectivity index (χ4v) is 2.02. The maximum absolute atomic E-state index is 13.0. The van der Waals surface area contributed by atoms with Crippen LogP contribution in [0.3, 0.4) is 0 Å². The summed E-state index contributed by atoms with van der Waals surface area (Å²) >= 11 is 0. The van der Waals surface area contributed by atoms with E-state index >= 15 is 0 Å². The molecule has 0 aliphatic rings. The summed E-state index contributed by atoms with van der Waals surface area (Å²) in [5, 5.41) is 12.5. The van der Waals surface area contributed by atoms with Crippen molar-refractivity contribution in [2.24, 2.45) is 0 Å². The number of rotatable bonds is 5. The molecule has 4 nitrogen and oxygen atoms in total. The molecule has 0 aliphatic carbocycles. The number of benzene rings is 2. The van der Waals surface area contributed by atoms with Gasteiger partial charge in [0.05, 0.1) is 7.11 Å². The Bertz CT molecular complexity index is 642. The van der Waals surface area contributed by atoms with Crippen LogP contribution in [0.5, 0.6) is 5.75 Å². The third kappa shape index (κ3) is 3.13. The van der Waals surface area contributed by atoms with E-state index in [2.05, 4.69) is 5.32 Å². The molecule has 2 aromatic carbocycles. The van der Waals surface area contributed by atoms with Crippen molar-refractivity contribution in [2.75, 3.05) is 12.4 Å². The van der Waals surface area contributed by atoms with Gasteiger partial charge >= 0.3 is 5.97 Å². The molecule has 1 unspecified atom stereocenters. The molecular formula is C16H16FNO3. The maximum Gasteiger partial charge on any atom is 0.333 e. The molecule has 0 aliphatic heterocycles. The van der Waals surface area contributed by atoms with Crippen LogP contribution in [0.2, 0.25) is 0 Å². The molecule has 2 N–H and O–H groups in total. The van der Waals surface area contributed by atoms with Gasteiger partial charge in [-0.05, 0) is 36.8 Å². The lowest BCUT2D eigenvalue weighted by atomic mass is 9.91. The van der Waals surface area contributed by atoms with Gasteiger partial charge in [0.1, 0.15) is 11.6 Å². The quantitative estimate of drug-likeness (QED) is 0.887. The topological polar surface area (TPSA) is 58.6 Å². The van der Waals surface area contributed by atoms with E-state index in [0.717, 1.165) is 0 Å². The second-order valence-electron chi connectivity index (χ2n) is 4.79. The number of carboxylic acid groups (broad SMARTS) is 1. The Morgan fingerprint density at radius 2 is 1.90 bits per heavy atom. The SMILES string of the molecule is COc1cccc(NC(C)(C(=O)O)c2ccc(F)cc2)c1. The lowest BCUT2D eigenvalue weighted by Crippen LogP contribution is -2.40. The van der Waals surface area contributed by atoms with Crippen LogP contribution < -0.4 is 10.1 Å². The molecule has 0 aromatic heterocycles. The third-order valence-corrected chi connectivity index (χ3v) is 3.31. The summed E-state index contributed by atoms with van der Waals surface area (Å²) in [5.74, 6) is -0.850. The van der Waals surface area contributed by atoms with Crippen molar-refractivity contribution in [1.82, 2.24) is 0 Å². The first kappa shape index (κ1) is 14.8. The fraction of sp³-hybridized carbons (Fsp3) is 0.188. The number of aliphatic carboxylic acids is 1. The number of carbonyl (C=O) groups is 1. The third-order valence-electron chi connectivity index (χ3n) is 3.31. The summed E-state index contributed by atoms with van der Waals surface area (Å²) in [6, 6.07) is 12.4. The van der Waals surface area contributed by atoms with Gasteiger partial charge in [0.15, 0.2) is 5.54 Å². The van der Waals surface area contributed by atoms with Crippen molar-refractivity contribution in [3.8, 4) is 5.75 Å². The van der Waals surface area contributed by atoms with Gasteiger partial charge < -0.3 is 15.2 Å². The second-order valence-corrected chi connectivity index (χ2v) is 4.79. The molecule has 0 amide bonds. The lowest BCUT2D eigenvalue weighted by molar-refractivity contribution is -0.142. The van der Waals surface area contributed by atoms with Crippen molar-refractivity contribution >= 4 is 11.7 Å². The van der Waals surface area contributed by atoms with Gasteiger partial charge in [0.25, 0.3) is 0 Å². The average molecular weight is 289 g/mol. The van der Waals surface area contributed by atoms with E-state index in [-0.39, 0.29) is 0 Å². The highest BCUT2D eigenvalue weighted by atomic mass is 19.1. The highest BCUT2D eigenvalue weighted by Gasteiger charge is 2.35. The molecule has 21 heavy (non-hydrogen) atoms. The Kier molecular flexibility index (Phi) is 4.12. The van der Waals surface area contributed by atoms with Gasteiger partial charge in [-0.2, -0.15) is 0 Å². The van der Waals surface area contributed by atoms with Gasteiger partial charge in [-0.25, -0.2) is 9.18 Å². The summed E-state index contributed by atoms with van der Waals surface area (Å²) in [6.07, 6.45) is 0. The number of methoxy groups -OCH3 is 1. The Morgan fingerprint density at radius 1 is 1.24 bits per heavy atom. The van der Waals surface area contributed by atoms with Gasteiger partial charge in [0, 0.05) is 11.8 Å². The number of halogens is 1. The number of hydrogen-bond acceptors (Lipinski definition) is 3. The second kappa shape index (κ2) is 5.83. The van der Waals surface area contributed by atoms with Crippen LogP contribution in [0.4, 0.5) is 10.1 Å². The van der Waals surface area contributed by atoms with Crippen LogP contribution in [-0.2, 0) is 10.3 Å². The summed E-state index contributed by atoms with van der Waals surface area (Å²) in [6.45, 7) is 1.53. The van der Waals surface area contributed by atoms with Crippen molar-refractivity contribution in [3.63, 3.8) is 0 Å². The number of nitrogens with one attached hydrogen (secondary N) is 1.